The van der Waals surface area contributed by atoms with Gasteiger partial charge in [-0.3, -0.25) is 4.79 Å². The van der Waals surface area contributed by atoms with E-state index >= 15 is 0 Å². The van der Waals surface area contributed by atoms with Crippen LogP contribution in [0.1, 0.15) is 10.4 Å². The van der Waals surface area contributed by atoms with Crippen LogP contribution in [0.4, 0.5) is 0 Å². The molecule has 0 amide bonds. The number of esters is 1. The fraction of sp³-hybridized carbons (Fsp3) is 0.556. The van der Waals surface area contributed by atoms with Crippen molar-refractivity contribution in [2.75, 3.05) is 66.6 Å². The molecule has 26 heavy (non-hydrogen) atoms. The van der Waals surface area contributed by atoms with Crippen molar-refractivity contribution in [2.24, 2.45) is 0 Å². The Labute approximate surface area is 153 Å². The van der Waals surface area contributed by atoms with E-state index in [-0.39, 0.29) is 6.61 Å². The summed E-state index contributed by atoms with van der Waals surface area (Å²) in [5.74, 6) is 0.290. The number of hydrogen-bond donors (Lipinski definition) is 0. The molecule has 0 unspecified atom stereocenters. The summed E-state index contributed by atoms with van der Waals surface area (Å²) >= 11 is 0. The van der Waals surface area contributed by atoms with E-state index in [1.165, 1.54) is 7.11 Å². The van der Waals surface area contributed by atoms with Crippen LogP contribution in [0.25, 0.3) is 0 Å². The zero-order valence-electron chi connectivity index (χ0n) is 15.0. The normalized spacial score (nSPS) is 10.5. The van der Waals surface area contributed by atoms with Crippen LogP contribution in [0, 0.1) is 0 Å². The largest absolute Gasteiger partial charge is 0.491 e. The Balaban J connectivity index is 1.80. The van der Waals surface area contributed by atoms with Crippen LogP contribution in [0.3, 0.4) is 0 Å². The Kier molecular flexibility index (Phi) is 12.9. The van der Waals surface area contributed by atoms with E-state index < -0.39 is 5.97 Å². The molecular weight excluding hydrogens is 344 g/mol. The number of benzene rings is 1. The molecule has 1 rings (SSSR count). The van der Waals surface area contributed by atoms with E-state index in [1.807, 2.05) is 0 Å². The predicted octanol–water partition coefficient (Wildman–Crippen LogP) is 1.12. The fourth-order valence-electron chi connectivity index (χ4n) is 1.74. The Hall–Kier alpha value is -2.00. The Morgan fingerprint density at radius 1 is 0.808 bits per heavy atom. The van der Waals surface area contributed by atoms with Crippen molar-refractivity contribution in [3.05, 3.63) is 29.8 Å². The summed E-state index contributed by atoms with van der Waals surface area (Å²) < 4.78 is 30.9. The summed E-state index contributed by atoms with van der Waals surface area (Å²) in [7, 11) is 1.31. The van der Waals surface area contributed by atoms with Gasteiger partial charge in [0.05, 0.1) is 53.4 Å². The molecular formula is C18H26O8. The monoisotopic (exact) mass is 370 g/mol. The summed E-state index contributed by atoms with van der Waals surface area (Å²) in [5.41, 5.74) is 0.614. The molecule has 146 valence electrons. The lowest BCUT2D eigenvalue weighted by atomic mass is 10.2. The highest BCUT2D eigenvalue weighted by molar-refractivity contribution is 5.74. The number of rotatable bonds is 16. The van der Waals surface area contributed by atoms with E-state index in [0.717, 1.165) is 6.29 Å². The second-order valence-electron chi connectivity index (χ2n) is 5.00. The molecule has 1 aromatic carbocycles. The van der Waals surface area contributed by atoms with Gasteiger partial charge in [-0.05, 0) is 24.3 Å². The molecule has 1 aromatic rings. The van der Waals surface area contributed by atoms with Crippen molar-refractivity contribution in [3.63, 3.8) is 0 Å². The molecule has 0 saturated heterocycles. The first-order chi connectivity index (χ1) is 12.8. The van der Waals surface area contributed by atoms with Gasteiger partial charge in [-0.25, -0.2) is 4.79 Å². The van der Waals surface area contributed by atoms with Gasteiger partial charge < -0.3 is 28.4 Å². The van der Waals surface area contributed by atoms with E-state index in [0.29, 0.717) is 64.2 Å². The molecule has 0 atom stereocenters. The smallest absolute Gasteiger partial charge is 0.331 e. The molecule has 0 aliphatic carbocycles. The van der Waals surface area contributed by atoms with Gasteiger partial charge in [0.25, 0.3) is 0 Å². The highest BCUT2D eigenvalue weighted by Gasteiger charge is 1.99. The Morgan fingerprint density at radius 3 is 1.81 bits per heavy atom. The molecule has 0 spiro atoms. The first-order valence-corrected chi connectivity index (χ1v) is 8.32. The summed E-state index contributed by atoms with van der Waals surface area (Å²) in [6.07, 6.45) is 0.789. The van der Waals surface area contributed by atoms with Gasteiger partial charge in [0, 0.05) is 5.56 Å². The first kappa shape index (κ1) is 22.0. The molecule has 0 radical (unpaired) electrons. The molecule has 8 nitrogen and oxygen atoms in total. The summed E-state index contributed by atoms with van der Waals surface area (Å²) in [4.78, 5) is 21.3. The standard InChI is InChI=1S/C18H26O8/c1-21-18(20)15-25-11-10-23-7-6-22-8-9-24-12-13-26-17-4-2-16(14-19)3-5-17/h2-5,14H,6-13,15H2,1H3. The second kappa shape index (κ2) is 15.3. The molecule has 0 heterocycles. The average Bonchev–Trinajstić information content (AvgIpc) is 2.68. The van der Waals surface area contributed by atoms with Crippen molar-refractivity contribution in [2.45, 2.75) is 0 Å². The molecule has 0 N–H and O–H groups in total. The van der Waals surface area contributed by atoms with Gasteiger partial charge in [0.1, 0.15) is 25.2 Å². The number of methoxy groups -OCH3 is 1. The predicted molar refractivity (Wildman–Crippen MR) is 92.6 cm³/mol. The van der Waals surface area contributed by atoms with Gasteiger partial charge in [-0.15, -0.1) is 0 Å². The number of carbonyl (C=O) groups excluding carboxylic acids is 2. The van der Waals surface area contributed by atoms with E-state index in [2.05, 4.69) is 4.74 Å². The van der Waals surface area contributed by atoms with E-state index in [4.69, 9.17) is 23.7 Å². The van der Waals surface area contributed by atoms with Crippen LogP contribution in [-0.4, -0.2) is 78.8 Å². The van der Waals surface area contributed by atoms with Crippen molar-refractivity contribution < 1.29 is 38.0 Å². The maximum atomic E-state index is 10.8. The first-order valence-electron chi connectivity index (χ1n) is 8.32. The molecule has 8 heteroatoms. The topological polar surface area (TPSA) is 89.5 Å². The Morgan fingerprint density at radius 2 is 1.31 bits per heavy atom. The summed E-state index contributed by atoms with van der Waals surface area (Å²) in [6, 6.07) is 6.88. The lowest BCUT2D eigenvalue weighted by Crippen LogP contribution is -2.15. The Bertz CT molecular complexity index is 488. The second-order valence-corrected chi connectivity index (χ2v) is 5.00. The van der Waals surface area contributed by atoms with E-state index in [1.54, 1.807) is 24.3 Å². The van der Waals surface area contributed by atoms with Crippen molar-refractivity contribution in [3.8, 4) is 5.75 Å². The number of aldehydes is 1. The third-order valence-electron chi connectivity index (χ3n) is 3.08. The quantitative estimate of drug-likeness (QED) is 0.243. The molecule has 0 aromatic heterocycles. The minimum Gasteiger partial charge on any atom is -0.491 e. The highest BCUT2D eigenvalue weighted by Crippen LogP contribution is 2.10. The third-order valence-corrected chi connectivity index (χ3v) is 3.08. The number of hydrogen-bond acceptors (Lipinski definition) is 8. The van der Waals surface area contributed by atoms with E-state index in [9.17, 15) is 9.59 Å². The van der Waals surface area contributed by atoms with Gasteiger partial charge in [-0.2, -0.15) is 0 Å². The lowest BCUT2D eigenvalue weighted by molar-refractivity contribution is -0.146. The number of ether oxygens (including phenoxy) is 6. The average molecular weight is 370 g/mol. The van der Waals surface area contributed by atoms with Crippen LogP contribution in [-0.2, 0) is 28.5 Å². The molecule has 0 aliphatic heterocycles. The highest BCUT2D eigenvalue weighted by atomic mass is 16.6. The summed E-state index contributed by atoms with van der Waals surface area (Å²) in [5, 5.41) is 0. The van der Waals surface area contributed by atoms with Crippen LogP contribution >= 0.6 is 0 Å². The van der Waals surface area contributed by atoms with Gasteiger partial charge in [0.2, 0.25) is 0 Å². The third kappa shape index (κ3) is 11.5. The van der Waals surface area contributed by atoms with Gasteiger partial charge in [-0.1, -0.05) is 0 Å². The minimum atomic E-state index is -0.408. The molecule has 0 saturated carbocycles. The maximum absolute atomic E-state index is 10.8. The van der Waals surface area contributed by atoms with Gasteiger partial charge in [0.15, 0.2) is 0 Å². The van der Waals surface area contributed by atoms with Crippen molar-refractivity contribution >= 4 is 12.3 Å². The minimum absolute atomic E-state index is 0.0680. The lowest BCUT2D eigenvalue weighted by Gasteiger charge is -2.08. The summed E-state index contributed by atoms with van der Waals surface area (Å²) in [6.45, 7) is 3.37. The SMILES string of the molecule is COC(=O)COCCOCCOCCOCCOc1ccc(C=O)cc1. The van der Waals surface area contributed by atoms with Crippen molar-refractivity contribution in [1.29, 1.82) is 0 Å². The number of carbonyl (C=O) groups is 2. The zero-order valence-corrected chi connectivity index (χ0v) is 15.0. The van der Waals surface area contributed by atoms with Crippen LogP contribution < -0.4 is 4.74 Å². The molecule has 0 fully saturated rings. The van der Waals surface area contributed by atoms with Gasteiger partial charge >= 0.3 is 5.97 Å². The van der Waals surface area contributed by atoms with Crippen LogP contribution in [0.15, 0.2) is 24.3 Å². The van der Waals surface area contributed by atoms with Crippen LogP contribution in [0.2, 0.25) is 0 Å². The molecule has 0 bridgehead atoms. The zero-order chi connectivity index (χ0) is 18.9. The maximum Gasteiger partial charge on any atom is 0.331 e. The van der Waals surface area contributed by atoms with Crippen molar-refractivity contribution in [1.82, 2.24) is 0 Å². The van der Waals surface area contributed by atoms with Crippen LogP contribution in [0.5, 0.6) is 5.75 Å². The fourth-order valence-corrected chi connectivity index (χ4v) is 1.74. The molecule has 0 aliphatic rings.